The fourth-order valence-corrected chi connectivity index (χ4v) is 6.60. The van der Waals surface area contributed by atoms with Crippen molar-refractivity contribution in [2.45, 2.75) is 35.8 Å². The van der Waals surface area contributed by atoms with E-state index in [0.29, 0.717) is 60.6 Å². The second-order valence-electron chi connectivity index (χ2n) is 8.28. The molecule has 0 bridgehead atoms. The first-order valence-electron chi connectivity index (χ1n) is 10.8. The Bertz CT molecular complexity index is 1240. The number of hydrogen-bond donors (Lipinski definition) is 1. The molecule has 0 unspecified atom stereocenters. The average Bonchev–Trinajstić information content (AvgIpc) is 3.34. The predicted molar refractivity (Wildman–Crippen MR) is 123 cm³/mol. The summed E-state index contributed by atoms with van der Waals surface area (Å²) in [6.45, 7) is 0.592. The van der Waals surface area contributed by atoms with E-state index in [1.165, 1.54) is 4.31 Å². The number of benzene rings is 1. The topological polar surface area (TPSA) is 115 Å². The Morgan fingerprint density at radius 3 is 2.58 bits per heavy atom. The molecule has 33 heavy (non-hydrogen) atoms. The first-order chi connectivity index (χ1) is 15.9. The van der Waals surface area contributed by atoms with Crippen molar-refractivity contribution in [2.75, 3.05) is 25.5 Å². The Morgan fingerprint density at radius 2 is 1.91 bits per heavy atom. The summed E-state index contributed by atoms with van der Waals surface area (Å²) in [5.74, 6) is 1.76. The number of sulfonamides is 1. The van der Waals surface area contributed by atoms with Crippen molar-refractivity contribution < 1.29 is 22.5 Å². The number of ether oxygens (including phenoxy) is 1. The minimum Gasteiger partial charge on any atom is -0.497 e. The van der Waals surface area contributed by atoms with Crippen molar-refractivity contribution >= 4 is 33.0 Å². The molecule has 1 saturated heterocycles. The summed E-state index contributed by atoms with van der Waals surface area (Å²) in [5, 5.41) is 8.63. The van der Waals surface area contributed by atoms with E-state index >= 15 is 0 Å². The van der Waals surface area contributed by atoms with Crippen LogP contribution >= 0.6 is 11.3 Å². The van der Waals surface area contributed by atoms with Crippen LogP contribution in [0.1, 0.15) is 37.5 Å². The zero-order chi connectivity index (χ0) is 23.0. The van der Waals surface area contributed by atoms with Gasteiger partial charge < -0.3 is 14.6 Å². The van der Waals surface area contributed by atoms with Gasteiger partial charge in [0.1, 0.15) is 9.96 Å². The highest BCUT2D eigenvalue weighted by atomic mass is 32.2. The molecule has 3 heterocycles. The van der Waals surface area contributed by atoms with Crippen LogP contribution in [-0.4, -0.2) is 49.0 Å². The van der Waals surface area contributed by atoms with Crippen LogP contribution in [0.2, 0.25) is 0 Å². The molecule has 3 aromatic rings. The van der Waals surface area contributed by atoms with Gasteiger partial charge in [0.25, 0.3) is 10.0 Å². The number of carbonyl (C=O) groups is 1. The van der Waals surface area contributed by atoms with E-state index in [1.807, 2.05) is 0 Å². The van der Waals surface area contributed by atoms with Crippen LogP contribution < -0.4 is 10.1 Å². The van der Waals surface area contributed by atoms with Gasteiger partial charge in [0.15, 0.2) is 0 Å². The van der Waals surface area contributed by atoms with Crippen LogP contribution in [0.5, 0.6) is 5.75 Å². The number of nitrogens with one attached hydrogen (secondary N) is 1. The van der Waals surface area contributed by atoms with E-state index in [-0.39, 0.29) is 16.0 Å². The maximum atomic E-state index is 13.1. The molecule has 2 fully saturated rings. The first-order valence-corrected chi connectivity index (χ1v) is 13.1. The molecular formula is C22H24N4O5S2. The Balaban J connectivity index is 1.20. The van der Waals surface area contributed by atoms with Gasteiger partial charge in [0.2, 0.25) is 17.6 Å². The molecule has 174 valence electrons. The van der Waals surface area contributed by atoms with Crippen molar-refractivity contribution in [1.82, 2.24) is 14.4 Å². The van der Waals surface area contributed by atoms with Crippen LogP contribution in [0, 0.1) is 5.92 Å². The van der Waals surface area contributed by atoms with E-state index in [0.717, 1.165) is 24.2 Å². The van der Waals surface area contributed by atoms with E-state index in [1.54, 1.807) is 42.8 Å². The van der Waals surface area contributed by atoms with Gasteiger partial charge in [-0.25, -0.2) is 8.42 Å². The highest BCUT2D eigenvalue weighted by molar-refractivity contribution is 7.91. The van der Waals surface area contributed by atoms with Crippen molar-refractivity contribution in [1.29, 1.82) is 0 Å². The van der Waals surface area contributed by atoms with Crippen LogP contribution in [-0.2, 0) is 14.8 Å². The summed E-state index contributed by atoms with van der Waals surface area (Å²) in [7, 11) is -2.06. The Kier molecular flexibility index (Phi) is 5.94. The van der Waals surface area contributed by atoms with E-state index < -0.39 is 10.0 Å². The molecule has 5 rings (SSSR count). The molecule has 1 aliphatic carbocycles. The summed E-state index contributed by atoms with van der Waals surface area (Å²) in [4.78, 5) is 17.0. The van der Waals surface area contributed by atoms with Crippen LogP contribution in [0.4, 0.5) is 5.69 Å². The lowest BCUT2D eigenvalue weighted by Crippen LogP contribution is -2.41. The fourth-order valence-electron chi connectivity index (χ4n) is 3.82. The lowest BCUT2D eigenvalue weighted by atomic mass is 9.97. The largest absolute Gasteiger partial charge is 0.497 e. The maximum Gasteiger partial charge on any atom is 0.252 e. The Labute approximate surface area is 195 Å². The summed E-state index contributed by atoms with van der Waals surface area (Å²) < 4.78 is 38.4. The van der Waals surface area contributed by atoms with Crippen LogP contribution in [0.15, 0.2) is 44.4 Å². The number of rotatable bonds is 7. The Morgan fingerprint density at radius 1 is 1.18 bits per heavy atom. The smallest absolute Gasteiger partial charge is 0.252 e. The van der Waals surface area contributed by atoms with Gasteiger partial charge in [-0.3, -0.25) is 4.79 Å². The molecule has 2 aromatic heterocycles. The second kappa shape index (κ2) is 8.88. The Hall–Kier alpha value is -2.76. The number of thiophene rings is 1. The van der Waals surface area contributed by atoms with E-state index in [9.17, 15) is 13.2 Å². The number of nitrogens with zero attached hydrogens (tertiary/aromatic N) is 3. The van der Waals surface area contributed by atoms with Gasteiger partial charge in [-0.2, -0.15) is 9.29 Å². The molecule has 1 aliphatic heterocycles. The molecule has 11 heteroatoms. The molecule has 0 radical (unpaired) electrons. The quantitative estimate of drug-likeness (QED) is 0.539. The summed E-state index contributed by atoms with van der Waals surface area (Å²) in [6, 6.07) is 8.72. The van der Waals surface area contributed by atoms with Gasteiger partial charge in [-0.1, -0.05) is 5.16 Å². The normalized spacial score (nSPS) is 17.7. The average molecular weight is 489 g/mol. The van der Waals surface area contributed by atoms with Gasteiger partial charge in [0, 0.05) is 41.6 Å². The second-order valence-corrected chi connectivity index (χ2v) is 11.4. The van der Waals surface area contributed by atoms with Crippen molar-refractivity contribution in [3.8, 4) is 17.1 Å². The summed E-state index contributed by atoms with van der Waals surface area (Å²) >= 11 is 1.15. The lowest BCUT2D eigenvalue weighted by molar-refractivity contribution is -0.120. The highest BCUT2D eigenvalue weighted by Gasteiger charge is 2.34. The molecule has 1 N–H and O–H groups in total. The zero-order valence-electron chi connectivity index (χ0n) is 18.1. The van der Waals surface area contributed by atoms with Crippen LogP contribution in [0.25, 0.3) is 11.4 Å². The minimum atomic E-state index is -3.64. The van der Waals surface area contributed by atoms with Gasteiger partial charge in [-0.05, 0) is 56.0 Å². The third kappa shape index (κ3) is 4.66. The molecular weight excluding hydrogens is 464 g/mol. The summed E-state index contributed by atoms with van der Waals surface area (Å²) in [6.07, 6.45) is 3.04. The number of anilines is 1. The van der Waals surface area contributed by atoms with Crippen molar-refractivity contribution in [2.24, 2.45) is 5.92 Å². The molecule has 1 saturated carbocycles. The number of methoxy groups -OCH3 is 1. The third-order valence-electron chi connectivity index (χ3n) is 5.98. The lowest BCUT2D eigenvalue weighted by Gasteiger charge is -2.30. The number of piperidine rings is 1. The zero-order valence-corrected chi connectivity index (χ0v) is 19.7. The number of aromatic nitrogens is 2. The molecule has 1 amide bonds. The molecule has 2 aliphatic rings. The van der Waals surface area contributed by atoms with Crippen LogP contribution in [0.3, 0.4) is 0 Å². The monoisotopic (exact) mass is 488 g/mol. The number of hydrogen-bond acceptors (Lipinski definition) is 8. The maximum absolute atomic E-state index is 13.1. The van der Waals surface area contributed by atoms with Gasteiger partial charge in [-0.15, -0.1) is 11.3 Å². The molecule has 9 nitrogen and oxygen atoms in total. The van der Waals surface area contributed by atoms with E-state index in [2.05, 4.69) is 15.5 Å². The third-order valence-corrected chi connectivity index (χ3v) is 9.29. The molecule has 1 aromatic carbocycles. The van der Waals surface area contributed by atoms with Crippen molar-refractivity contribution in [3.63, 3.8) is 0 Å². The van der Waals surface area contributed by atoms with Gasteiger partial charge in [0.05, 0.1) is 7.11 Å². The standard InChI is InChI=1S/C22H24N4O5S2/c1-30-18-6-4-17(5-7-18)23-21(27)14-8-10-26(11-9-14)33(28,29)19-12-16(13-32-19)20-24-22(31-25-20)15-2-3-15/h4-7,12-15H,2-3,8-11H2,1H3,(H,23,27). The SMILES string of the molecule is COc1ccc(NC(=O)C2CCN(S(=O)(=O)c3cc(-c4noc(C5CC5)n4)cs3)CC2)cc1. The van der Waals surface area contributed by atoms with Crippen molar-refractivity contribution in [3.05, 3.63) is 41.6 Å². The molecule has 0 spiro atoms. The van der Waals surface area contributed by atoms with E-state index in [4.69, 9.17) is 9.26 Å². The molecule has 0 atom stereocenters. The van der Waals surface area contributed by atoms with Gasteiger partial charge >= 0.3 is 0 Å². The fraction of sp³-hybridized carbons (Fsp3) is 0.409. The minimum absolute atomic E-state index is 0.0980. The number of carbonyl (C=O) groups excluding carboxylic acids is 1. The summed E-state index contributed by atoms with van der Waals surface area (Å²) in [5.41, 5.74) is 1.33. The number of amides is 1. The highest BCUT2D eigenvalue weighted by Crippen LogP contribution is 2.40. The predicted octanol–water partition coefficient (Wildman–Crippen LogP) is 3.72. The first kappa shape index (κ1) is 22.1.